The van der Waals surface area contributed by atoms with Gasteiger partial charge in [0.05, 0.1) is 42.0 Å². The van der Waals surface area contributed by atoms with Crippen LogP contribution in [0.5, 0.6) is 5.75 Å². The van der Waals surface area contributed by atoms with E-state index < -0.39 is 22.4 Å². The van der Waals surface area contributed by atoms with Crippen LogP contribution in [-0.4, -0.2) is 63.0 Å². The van der Waals surface area contributed by atoms with Gasteiger partial charge in [0.25, 0.3) is 0 Å². The number of fused-ring (bicyclic) bond motifs is 1. The van der Waals surface area contributed by atoms with Crippen LogP contribution in [0.3, 0.4) is 0 Å². The van der Waals surface area contributed by atoms with Gasteiger partial charge in [-0.2, -0.15) is 13.2 Å². The monoisotopic (exact) mass is 535 g/mol. The van der Waals surface area contributed by atoms with E-state index in [1.54, 1.807) is 18.3 Å². The van der Waals surface area contributed by atoms with Crippen LogP contribution in [0.4, 0.5) is 24.5 Å². The fraction of sp³-hybridized carbons (Fsp3) is 0.400. The first-order valence-electron chi connectivity index (χ1n) is 11.7. The van der Waals surface area contributed by atoms with Crippen molar-refractivity contribution in [3.05, 3.63) is 47.9 Å². The van der Waals surface area contributed by atoms with Gasteiger partial charge < -0.3 is 25.1 Å². The zero-order valence-corrected chi connectivity index (χ0v) is 21.3. The van der Waals surface area contributed by atoms with Crippen LogP contribution in [0.2, 0.25) is 0 Å². The van der Waals surface area contributed by atoms with Crippen molar-refractivity contribution < 1.29 is 26.3 Å². The molecule has 1 aliphatic heterocycles. The predicted molar refractivity (Wildman–Crippen MR) is 136 cm³/mol. The minimum Gasteiger partial charge on any atom is -0.495 e. The highest BCUT2D eigenvalue weighted by atomic mass is 32.2. The average Bonchev–Trinajstić information content (AvgIpc) is 3.18. The number of rotatable bonds is 7. The normalized spacial score (nSPS) is 14.7. The van der Waals surface area contributed by atoms with E-state index in [0.29, 0.717) is 22.8 Å². The number of hydrogen-bond donors (Lipinski definition) is 3. The van der Waals surface area contributed by atoms with Gasteiger partial charge in [0.2, 0.25) is 0 Å². The Labute approximate surface area is 213 Å². The van der Waals surface area contributed by atoms with Crippen molar-refractivity contribution in [3.63, 3.8) is 0 Å². The zero-order chi connectivity index (χ0) is 26.6. The van der Waals surface area contributed by atoms with Gasteiger partial charge in [0.15, 0.2) is 15.5 Å². The molecule has 0 amide bonds. The molecule has 0 bridgehead atoms. The summed E-state index contributed by atoms with van der Waals surface area (Å²) in [6.07, 6.45) is -1.12. The topological polar surface area (TPSA) is 96.8 Å². The summed E-state index contributed by atoms with van der Waals surface area (Å²) < 4.78 is 70.5. The summed E-state index contributed by atoms with van der Waals surface area (Å²) in [4.78, 5) is 4.58. The molecule has 4 rings (SSSR count). The molecule has 0 aliphatic carbocycles. The van der Waals surface area contributed by atoms with Crippen LogP contribution in [0.15, 0.2) is 41.4 Å². The number of ether oxygens (including phenoxy) is 1. The van der Waals surface area contributed by atoms with Crippen LogP contribution in [-0.2, 0) is 16.3 Å². The number of sulfone groups is 1. The van der Waals surface area contributed by atoms with E-state index in [1.807, 2.05) is 6.07 Å². The molecule has 0 radical (unpaired) electrons. The lowest BCUT2D eigenvalue weighted by Gasteiger charge is -2.24. The fourth-order valence-electron chi connectivity index (χ4n) is 4.19. The van der Waals surface area contributed by atoms with E-state index in [0.717, 1.165) is 32.2 Å². The molecule has 3 N–H and O–H groups in total. The number of methoxy groups -OCH3 is 1. The molecule has 1 aromatic carbocycles. The Hall–Kier alpha value is -3.43. The molecule has 3 heterocycles. The molecular formula is C25H28F3N5O3S. The van der Waals surface area contributed by atoms with Crippen LogP contribution < -0.4 is 20.7 Å². The quantitative estimate of drug-likeness (QED) is 0.399. The fourth-order valence-corrected chi connectivity index (χ4v) is 4.83. The number of piperidine rings is 1. The van der Waals surface area contributed by atoms with E-state index >= 15 is 0 Å². The van der Waals surface area contributed by atoms with Gasteiger partial charge >= 0.3 is 6.18 Å². The van der Waals surface area contributed by atoms with Gasteiger partial charge in [-0.15, -0.1) is 0 Å². The van der Waals surface area contributed by atoms with Crippen molar-refractivity contribution in [1.82, 2.24) is 14.7 Å². The maximum absolute atomic E-state index is 13.4. The van der Waals surface area contributed by atoms with Crippen molar-refractivity contribution in [2.75, 3.05) is 43.6 Å². The number of alkyl halides is 3. The first kappa shape index (κ1) is 26.6. The van der Waals surface area contributed by atoms with E-state index in [-0.39, 0.29) is 28.9 Å². The first-order valence-corrected chi connectivity index (χ1v) is 13.6. The molecule has 1 saturated heterocycles. The molecular weight excluding hydrogens is 507 g/mol. The molecule has 0 spiro atoms. The number of nitrogens with zero attached hydrogens (tertiary/aromatic N) is 2. The molecule has 37 heavy (non-hydrogen) atoms. The molecule has 1 fully saturated rings. The van der Waals surface area contributed by atoms with E-state index in [9.17, 15) is 21.6 Å². The van der Waals surface area contributed by atoms with E-state index in [2.05, 4.69) is 32.8 Å². The molecule has 0 atom stereocenters. The second kappa shape index (κ2) is 10.9. The van der Waals surface area contributed by atoms with Crippen molar-refractivity contribution in [2.24, 2.45) is 0 Å². The van der Waals surface area contributed by atoms with Crippen LogP contribution in [0.1, 0.15) is 24.2 Å². The molecule has 2 aromatic heterocycles. The number of nitrogens with one attached hydrogen (secondary N) is 3. The number of anilines is 2. The molecule has 12 heteroatoms. The second-order valence-electron chi connectivity index (χ2n) is 8.77. The van der Waals surface area contributed by atoms with Gasteiger partial charge in [-0.25, -0.2) is 13.4 Å². The average molecular weight is 536 g/mol. The second-order valence-corrected chi connectivity index (χ2v) is 10.8. The smallest absolute Gasteiger partial charge is 0.394 e. The van der Waals surface area contributed by atoms with Gasteiger partial charge in [0.1, 0.15) is 11.4 Å². The highest BCUT2D eigenvalue weighted by molar-refractivity contribution is 7.90. The van der Waals surface area contributed by atoms with Crippen LogP contribution in [0, 0.1) is 11.8 Å². The molecule has 0 unspecified atom stereocenters. The summed E-state index contributed by atoms with van der Waals surface area (Å²) >= 11 is 0. The third kappa shape index (κ3) is 6.67. The van der Waals surface area contributed by atoms with Crippen molar-refractivity contribution in [3.8, 4) is 17.6 Å². The number of halogens is 3. The van der Waals surface area contributed by atoms with Gasteiger partial charge in [-0.05, 0) is 56.1 Å². The third-order valence-corrected chi connectivity index (χ3v) is 7.10. The Morgan fingerprint density at radius 3 is 2.65 bits per heavy atom. The van der Waals surface area contributed by atoms with Gasteiger partial charge in [0, 0.05) is 24.6 Å². The lowest BCUT2D eigenvalue weighted by atomic mass is 10.1. The summed E-state index contributed by atoms with van der Waals surface area (Å²) in [5.74, 6) is 5.92. The molecule has 3 aromatic rings. The molecule has 1 aliphatic rings. The summed E-state index contributed by atoms with van der Waals surface area (Å²) in [6, 6.07) is 8.10. The Morgan fingerprint density at radius 2 is 1.97 bits per heavy atom. The number of hydrogen-bond acceptors (Lipinski definition) is 7. The highest BCUT2D eigenvalue weighted by Crippen LogP contribution is 2.29. The number of pyridine rings is 1. The minimum absolute atomic E-state index is 0.0287. The summed E-state index contributed by atoms with van der Waals surface area (Å²) in [7, 11) is -2.00. The third-order valence-electron chi connectivity index (χ3n) is 5.99. The Morgan fingerprint density at radius 1 is 1.22 bits per heavy atom. The maximum atomic E-state index is 13.4. The van der Waals surface area contributed by atoms with Crippen molar-refractivity contribution >= 4 is 26.9 Å². The van der Waals surface area contributed by atoms with Crippen molar-refractivity contribution in [1.29, 1.82) is 0 Å². The number of benzene rings is 1. The van der Waals surface area contributed by atoms with Crippen LogP contribution >= 0.6 is 0 Å². The number of aromatic nitrogens is 2. The lowest BCUT2D eigenvalue weighted by molar-refractivity contribution is -0.128. The highest BCUT2D eigenvalue weighted by Gasteiger charge is 2.31. The molecule has 198 valence electrons. The lowest BCUT2D eigenvalue weighted by Crippen LogP contribution is -2.35. The molecule has 8 nitrogen and oxygen atoms in total. The SMILES string of the molecule is COc1cc(S(C)(=O)=O)ccc1NCC#Cc1nc2c(NC3CCNCC3)cccn2c1CC(F)(F)F. The maximum Gasteiger partial charge on any atom is 0.394 e. The first-order chi connectivity index (χ1) is 17.5. The Bertz CT molecular complexity index is 1440. The summed E-state index contributed by atoms with van der Waals surface area (Å²) in [5, 5.41) is 9.72. The molecule has 0 saturated carbocycles. The zero-order valence-electron chi connectivity index (χ0n) is 20.4. The van der Waals surface area contributed by atoms with Gasteiger partial charge in [-0.3, -0.25) is 0 Å². The standard InChI is InChI=1S/C25H28F3N5O3S/c1-36-23-15-18(37(2,34)35)7-8-20(23)30-11-3-5-19-22(16-25(26,27)28)33-14-4-6-21(24(33)32-19)31-17-9-12-29-13-10-17/h4,6-8,14-15,17,29-31H,9-13,16H2,1-2H3. The number of imidazole rings is 1. The van der Waals surface area contributed by atoms with E-state index in [1.165, 1.54) is 23.6 Å². The predicted octanol–water partition coefficient (Wildman–Crippen LogP) is 3.48. The Kier molecular flexibility index (Phi) is 7.85. The van der Waals surface area contributed by atoms with E-state index in [4.69, 9.17) is 4.74 Å². The summed E-state index contributed by atoms with van der Waals surface area (Å²) in [6.45, 7) is 1.83. The summed E-state index contributed by atoms with van der Waals surface area (Å²) in [5.41, 5.74) is 1.59. The van der Waals surface area contributed by atoms with Gasteiger partial charge in [-0.1, -0.05) is 5.92 Å². The largest absolute Gasteiger partial charge is 0.495 e. The minimum atomic E-state index is -4.43. The Balaban J connectivity index is 1.60. The van der Waals surface area contributed by atoms with Crippen LogP contribution in [0.25, 0.3) is 5.65 Å². The van der Waals surface area contributed by atoms with Crippen molar-refractivity contribution in [2.45, 2.75) is 36.4 Å².